The highest BCUT2D eigenvalue weighted by Crippen LogP contribution is 2.23. The van der Waals surface area contributed by atoms with E-state index >= 15 is 0 Å². The average molecular weight is 343 g/mol. The Morgan fingerprint density at radius 1 is 1.08 bits per heavy atom. The lowest BCUT2D eigenvalue weighted by atomic mass is 10.0. The highest BCUT2D eigenvalue weighted by molar-refractivity contribution is 7.80. The molecule has 5 nitrogen and oxygen atoms in total. The minimum Gasteiger partial charge on any atom is -0.508 e. The molecule has 2 rings (SSSR count). The standard InChI is InChI=1S/C18H21N3O2S/c1-11(2)13-4-6-14(7-5-13)19-18(24)21-20-12(3)16-9-8-15(22)10-17(16)23/h4-11,22-23H,1-3H3,(H2,19,21,24)/b20-12+. The summed E-state index contributed by atoms with van der Waals surface area (Å²) in [7, 11) is 0. The first-order chi connectivity index (χ1) is 11.4. The molecule has 0 aliphatic rings. The smallest absolute Gasteiger partial charge is 0.191 e. The number of phenolic OH excluding ortho intramolecular Hbond substituents is 2. The first-order valence-corrected chi connectivity index (χ1v) is 8.01. The third kappa shape index (κ3) is 4.70. The number of anilines is 1. The van der Waals surface area contributed by atoms with Crippen molar-refractivity contribution in [3.8, 4) is 11.5 Å². The van der Waals surface area contributed by atoms with Gasteiger partial charge in [0.15, 0.2) is 5.11 Å². The monoisotopic (exact) mass is 343 g/mol. The molecule has 0 unspecified atom stereocenters. The fourth-order valence-corrected chi connectivity index (χ4v) is 2.29. The number of rotatable bonds is 4. The zero-order valence-electron chi connectivity index (χ0n) is 13.9. The van der Waals surface area contributed by atoms with Crippen LogP contribution in [0.25, 0.3) is 0 Å². The lowest BCUT2D eigenvalue weighted by Gasteiger charge is -2.10. The van der Waals surface area contributed by atoms with Crippen LogP contribution in [-0.4, -0.2) is 21.0 Å². The second-order valence-electron chi connectivity index (χ2n) is 5.74. The topological polar surface area (TPSA) is 76.9 Å². The fraction of sp³-hybridized carbons (Fsp3) is 0.222. The molecule has 0 fully saturated rings. The molecule has 0 saturated carbocycles. The van der Waals surface area contributed by atoms with Crippen LogP contribution < -0.4 is 10.7 Å². The second-order valence-corrected chi connectivity index (χ2v) is 6.15. The Bertz CT molecular complexity index is 755. The molecule has 0 radical (unpaired) electrons. The maximum absolute atomic E-state index is 9.82. The van der Waals surface area contributed by atoms with Gasteiger partial charge in [-0.3, -0.25) is 5.43 Å². The van der Waals surface area contributed by atoms with E-state index in [9.17, 15) is 10.2 Å². The van der Waals surface area contributed by atoms with Crippen LogP contribution in [0.1, 0.15) is 37.8 Å². The summed E-state index contributed by atoms with van der Waals surface area (Å²) in [6.45, 7) is 6.02. The van der Waals surface area contributed by atoms with E-state index in [1.165, 1.54) is 17.7 Å². The summed E-state index contributed by atoms with van der Waals surface area (Å²) in [6.07, 6.45) is 0. The zero-order valence-corrected chi connectivity index (χ0v) is 14.7. The third-order valence-electron chi connectivity index (χ3n) is 3.53. The van der Waals surface area contributed by atoms with Crippen molar-refractivity contribution in [3.05, 3.63) is 53.6 Å². The molecule has 0 aliphatic carbocycles. The van der Waals surface area contributed by atoms with Gasteiger partial charge >= 0.3 is 0 Å². The number of nitrogens with zero attached hydrogens (tertiary/aromatic N) is 1. The number of hydrogen-bond donors (Lipinski definition) is 4. The number of nitrogens with one attached hydrogen (secondary N) is 2. The molecule has 4 N–H and O–H groups in total. The third-order valence-corrected chi connectivity index (χ3v) is 3.72. The molecule has 126 valence electrons. The summed E-state index contributed by atoms with van der Waals surface area (Å²) in [5, 5.41) is 26.7. The minimum atomic E-state index is -0.0406. The van der Waals surface area contributed by atoms with Crippen LogP contribution in [0, 0.1) is 0 Å². The van der Waals surface area contributed by atoms with Crippen LogP contribution in [0.4, 0.5) is 5.69 Å². The molecule has 24 heavy (non-hydrogen) atoms. The van der Waals surface area contributed by atoms with Crippen molar-refractivity contribution in [2.24, 2.45) is 5.10 Å². The van der Waals surface area contributed by atoms with Crippen molar-refractivity contribution in [2.45, 2.75) is 26.7 Å². The van der Waals surface area contributed by atoms with Gasteiger partial charge in [0.25, 0.3) is 0 Å². The van der Waals surface area contributed by atoms with Crippen LogP contribution in [0.3, 0.4) is 0 Å². The Hall–Kier alpha value is -2.60. The van der Waals surface area contributed by atoms with E-state index < -0.39 is 0 Å². The Morgan fingerprint density at radius 3 is 2.33 bits per heavy atom. The number of phenols is 2. The van der Waals surface area contributed by atoms with Gasteiger partial charge in [0.2, 0.25) is 0 Å². The van der Waals surface area contributed by atoms with E-state index in [1.807, 2.05) is 12.1 Å². The Kier molecular flexibility index (Phi) is 5.76. The van der Waals surface area contributed by atoms with Gasteiger partial charge in [-0.05, 0) is 54.9 Å². The molecule has 0 bridgehead atoms. The summed E-state index contributed by atoms with van der Waals surface area (Å²) in [5.74, 6) is 0.439. The molecule has 0 aromatic heterocycles. The number of benzene rings is 2. The maximum Gasteiger partial charge on any atom is 0.191 e. The molecule has 0 aliphatic heterocycles. The van der Waals surface area contributed by atoms with Crippen LogP contribution in [0.2, 0.25) is 0 Å². The maximum atomic E-state index is 9.82. The van der Waals surface area contributed by atoms with Crippen LogP contribution in [0.5, 0.6) is 11.5 Å². The zero-order chi connectivity index (χ0) is 17.7. The lowest BCUT2D eigenvalue weighted by Crippen LogP contribution is -2.25. The summed E-state index contributed by atoms with van der Waals surface area (Å²) in [4.78, 5) is 0. The van der Waals surface area contributed by atoms with Gasteiger partial charge in [0.05, 0.1) is 5.71 Å². The summed E-state index contributed by atoms with van der Waals surface area (Å²) >= 11 is 5.21. The van der Waals surface area contributed by atoms with Gasteiger partial charge in [0, 0.05) is 17.3 Å². The summed E-state index contributed by atoms with van der Waals surface area (Å²) in [5.41, 5.74) is 5.94. The Labute approximate surface area is 147 Å². The van der Waals surface area contributed by atoms with Gasteiger partial charge in [-0.2, -0.15) is 5.10 Å². The quantitative estimate of drug-likeness (QED) is 0.384. The highest BCUT2D eigenvalue weighted by Gasteiger charge is 2.06. The molecule has 0 saturated heterocycles. The number of aromatic hydroxyl groups is 2. The fourth-order valence-electron chi connectivity index (χ4n) is 2.13. The largest absolute Gasteiger partial charge is 0.508 e. The Morgan fingerprint density at radius 2 is 1.75 bits per heavy atom. The van der Waals surface area contributed by atoms with Crippen molar-refractivity contribution in [3.63, 3.8) is 0 Å². The Balaban J connectivity index is 1.99. The number of hydrogen-bond acceptors (Lipinski definition) is 4. The normalized spacial score (nSPS) is 11.4. The molecule has 6 heteroatoms. The van der Waals surface area contributed by atoms with E-state index in [-0.39, 0.29) is 11.5 Å². The van der Waals surface area contributed by atoms with E-state index in [0.29, 0.717) is 22.3 Å². The molecule has 0 atom stereocenters. The first-order valence-electron chi connectivity index (χ1n) is 7.60. The van der Waals surface area contributed by atoms with Gasteiger partial charge < -0.3 is 15.5 Å². The molecule has 0 heterocycles. The van der Waals surface area contributed by atoms with Gasteiger partial charge in [0.1, 0.15) is 11.5 Å². The molecular weight excluding hydrogens is 322 g/mol. The van der Waals surface area contributed by atoms with E-state index in [2.05, 4.69) is 41.8 Å². The first kappa shape index (κ1) is 17.7. The minimum absolute atomic E-state index is 0.000888. The molecule has 2 aromatic rings. The van der Waals surface area contributed by atoms with Crippen LogP contribution in [-0.2, 0) is 0 Å². The molecular formula is C18H21N3O2S. The predicted molar refractivity (Wildman–Crippen MR) is 102 cm³/mol. The second kappa shape index (κ2) is 7.79. The van der Waals surface area contributed by atoms with Crippen molar-refractivity contribution in [2.75, 3.05) is 5.32 Å². The van der Waals surface area contributed by atoms with Gasteiger partial charge in [-0.25, -0.2) is 0 Å². The molecule has 2 aromatic carbocycles. The van der Waals surface area contributed by atoms with Crippen LogP contribution in [0.15, 0.2) is 47.6 Å². The van der Waals surface area contributed by atoms with Crippen molar-refractivity contribution >= 4 is 28.7 Å². The van der Waals surface area contributed by atoms with Crippen molar-refractivity contribution in [1.29, 1.82) is 0 Å². The lowest BCUT2D eigenvalue weighted by molar-refractivity contribution is 0.450. The average Bonchev–Trinajstić information content (AvgIpc) is 2.53. The molecule has 0 spiro atoms. The summed E-state index contributed by atoms with van der Waals surface area (Å²) in [6, 6.07) is 12.4. The van der Waals surface area contributed by atoms with Crippen molar-refractivity contribution in [1.82, 2.24) is 5.43 Å². The van der Waals surface area contributed by atoms with Gasteiger partial charge in [-0.1, -0.05) is 26.0 Å². The van der Waals surface area contributed by atoms with E-state index in [4.69, 9.17) is 12.2 Å². The predicted octanol–water partition coefficient (Wildman–Crippen LogP) is 3.93. The van der Waals surface area contributed by atoms with Crippen LogP contribution >= 0.6 is 12.2 Å². The van der Waals surface area contributed by atoms with Crippen molar-refractivity contribution < 1.29 is 10.2 Å². The SMILES string of the molecule is C/C(=N\NC(=S)Nc1ccc(C(C)C)cc1)c1ccc(O)cc1O. The van der Waals surface area contributed by atoms with E-state index in [0.717, 1.165) is 5.69 Å². The highest BCUT2D eigenvalue weighted by atomic mass is 32.1. The number of hydrazone groups is 1. The molecule has 0 amide bonds. The number of thiocarbonyl (C=S) groups is 1. The summed E-state index contributed by atoms with van der Waals surface area (Å²) < 4.78 is 0. The van der Waals surface area contributed by atoms with Gasteiger partial charge in [-0.15, -0.1) is 0 Å². The van der Waals surface area contributed by atoms with E-state index in [1.54, 1.807) is 13.0 Å².